The van der Waals surface area contributed by atoms with Crippen LogP contribution in [0.3, 0.4) is 0 Å². The second-order valence-corrected chi connectivity index (χ2v) is 5.16. The fourth-order valence-corrected chi connectivity index (χ4v) is 2.68. The molecule has 5 heteroatoms. The highest BCUT2D eigenvalue weighted by atomic mass is 16.3. The van der Waals surface area contributed by atoms with E-state index in [2.05, 4.69) is 0 Å². The van der Waals surface area contributed by atoms with Crippen molar-refractivity contribution >= 4 is 11.6 Å². The molecule has 1 aliphatic heterocycles. The van der Waals surface area contributed by atoms with Crippen molar-refractivity contribution in [3.63, 3.8) is 0 Å². The average Bonchev–Trinajstić information content (AvgIpc) is 2.46. The molecule has 2 aromatic carbocycles. The van der Waals surface area contributed by atoms with Gasteiger partial charge in [0.25, 0.3) is 5.91 Å². The number of phenols is 2. The van der Waals surface area contributed by atoms with Gasteiger partial charge in [0, 0.05) is 24.8 Å². The van der Waals surface area contributed by atoms with Crippen LogP contribution in [0, 0.1) is 0 Å². The van der Waals surface area contributed by atoms with Crippen molar-refractivity contribution in [1.29, 1.82) is 0 Å². The molecule has 0 aromatic heterocycles. The number of nitrogens with two attached hydrogens (primary N) is 1. The van der Waals surface area contributed by atoms with E-state index in [4.69, 9.17) is 5.73 Å². The Balaban J connectivity index is 1.87. The van der Waals surface area contributed by atoms with Gasteiger partial charge in [0.15, 0.2) is 0 Å². The first-order chi connectivity index (χ1) is 10.1. The topological polar surface area (TPSA) is 86.8 Å². The average molecular weight is 284 g/mol. The van der Waals surface area contributed by atoms with Crippen LogP contribution in [0.2, 0.25) is 0 Å². The number of benzene rings is 2. The summed E-state index contributed by atoms with van der Waals surface area (Å²) in [6.07, 6.45) is 0.701. The zero-order valence-electron chi connectivity index (χ0n) is 11.4. The fraction of sp³-hybridized carbons (Fsp3) is 0.188. The van der Waals surface area contributed by atoms with Crippen molar-refractivity contribution in [2.24, 2.45) is 0 Å². The summed E-state index contributed by atoms with van der Waals surface area (Å²) in [4.78, 5) is 14.2. The lowest BCUT2D eigenvalue weighted by Gasteiger charge is -2.29. The molecule has 5 nitrogen and oxygen atoms in total. The Labute approximate surface area is 122 Å². The highest BCUT2D eigenvalue weighted by molar-refractivity contribution is 5.97. The van der Waals surface area contributed by atoms with E-state index in [0.717, 1.165) is 16.8 Å². The molecular formula is C16H16N2O3. The largest absolute Gasteiger partial charge is 0.508 e. The van der Waals surface area contributed by atoms with E-state index in [0.29, 0.717) is 19.5 Å². The van der Waals surface area contributed by atoms with Crippen molar-refractivity contribution in [1.82, 2.24) is 4.90 Å². The summed E-state index contributed by atoms with van der Waals surface area (Å²) in [6.45, 7) is 1.03. The molecule has 0 unspecified atom stereocenters. The molecule has 1 amide bonds. The van der Waals surface area contributed by atoms with Gasteiger partial charge in [-0.05, 0) is 35.7 Å². The minimum absolute atomic E-state index is 0.0687. The number of hydrogen-bond donors (Lipinski definition) is 3. The molecule has 0 radical (unpaired) electrons. The van der Waals surface area contributed by atoms with Gasteiger partial charge in [0.05, 0.1) is 5.56 Å². The zero-order valence-corrected chi connectivity index (χ0v) is 11.4. The molecule has 1 aliphatic rings. The first kappa shape index (κ1) is 13.3. The van der Waals surface area contributed by atoms with Gasteiger partial charge >= 0.3 is 0 Å². The van der Waals surface area contributed by atoms with Crippen LogP contribution in [-0.2, 0) is 13.0 Å². The number of carbonyl (C=O) groups excluding carboxylic acids is 1. The highest BCUT2D eigenvalue weighted by Crippen LogP contribution is 2.28. The van der Waals surface area contributed by atoms with E-state index in [9.17, 15) is 15.0 Å². The number of nitrogens with zero attached hydrogens (tertiary/aromatic N) is 1. The summed E-state index contributed by atoms with van der Waals surface area (Å²) in [5.41, 5.74) is 9.02. The van der Waals surface area contributed by atoms with Crippen molar-refractivity contribution in [2.45, 2.75) is 13.0 Å². The van der Waals surface area contributed by atoms with Gasteiger partial charge < -0.3 is 20.8 Å². The number of anilines is 1. The van der Waals surface area contributed by atoms with E-state index < -0.39 is 0 Å². The lowest BCUT2D eigenvalue weighted by molar-refractivity contribution is 0.0732. The van der Waals surface area contributed by atoms with E-state index in [1.807, 2.05) is 18.2 Å². The van der Waals surface area contributed by atoms with Gasteiger partial charge in [-0.3, -0.25) is 4.79 Å². The Bertz CT molecular complexity index is 713. The van der Waals surface area contributed by atoms with E-state index >= 15 is 0 Å². The molecular weight excluding hydrogens is 268 g/mol. The lowest BCUT2D eigenvalue weighted by atomic mass is 9.97. The summed E-state index contributed by atoms with van der Waals surface area (Å²) in [5.74, 6) is -0.528. The van der Waals surface area contributed by atoms with E-state index in [1.54, 1.807) is 4.90 Å². The molecule has 1 heterocycles. The number of nitrogen functional groups attached to an aromatic ring is 1. The lowest BCUT2D eigenvalue weighted by Crippen LogP contribution is -2.36. The number of amides is 1. The SMILES string of the molecule is Nc1cccc2c1CCN(C(=O)c1ccc(O)cc1O)C2. The third-order valence-electron chi connectivity index (χ3n) is 3.80. The van der Waals surface area contributed by atoms with Gasteiger partial charge in [-0.15, -0.1) is 0 Å². The third-order valence-corrected chi connectivity index (χ3v) is 3.80. The molecule has 4 N–H and O–H groups in total. The smallest absolute Gasteiger partial charge is 0.257 e. The van der Waals surface area contributed by atoms with Crippen LogP contribution >= 0.6 is 0 Å². The first-order valence-corrected chi connectivity index (χ1v) is 6.74. The molecule has 108 valence electrons. The Morgan fingerprint density at radius 3 is 2.76 bits per heavy atom. The van der Waals surface area contributed by atoms with Crippen molar-refractivity contribution in [3.8, 4) is 11.5 Å². The van der Waals surface area contributed by atoms with Crippen molar-refractivity contribution in [3.05, 3.63) is 53.1 Å². The van der Waals surface area contributed by atoms with E-state index in [-0.39, 0.29) is 23.0 Å². The number of carbonyl (C=O) groups is 1. The predicted octanol–water partition coefficient (Wildman–Crippen LogP) is 1.88. The van der Waals surface area contributed by atoms with E-state index in [1.165, 1.54) is 18.2 Å². The quantitative estimate of drug-likeness (QED) is 0.698. The standard InChI is InChI=1S/C16H16N2O3/c17-14-3-1-2-10-9-18(7-6-12(10)14)16(21)13-5-4-11(19)8-15(13)20/h1-5,8,19-20H,6-7,9,17H2. The van der Waals surface area contributed by atoms with Gasteiger partial charge in [-0.1, -0.05) is 12.1 Å². The fourth-order valence-electron chi connectivity index (χ4n) is 2.68. The molecule has 21 heavy (non-hydrogen) atoms. The molecule has 0 atom stereocenters. The Hall–Kier alpha value is -2.69. The Kier molecular flexibility index (Phi) is 3.17. The van der Waals surface area contributed by atoms with Gasteiger partial charge in [0.2, 0.25) is 0 Å². The van der Waals surface area contributed by atoms with Crippen LogP contribution in [0.1, 0.15) is 21.5 Å². The second kappa shape index (κ2) is 5.01. The summed E-state index contributed by atoms with van der Waals surface area (Å²) < 4.78 is 0. The maximum atomic E-state index is 12.5. The molecule has 0 aliphatic carbocycles. The Morgan fingerprint density at radius 1 is 1.19 bits per heavy atom. The molecule has 0 fully saturated rings. The monoisotopic (exact) mass is 284 g/mol. The number of rotatable bonds is 1. The van der Waals surface area contributed by atoms with Crippen LogP contribution in [0.25, 0.3) is 0 Å². The summed E-state index contributed by atoms with van der Waals surface area (Å²) in [5, 5.41) is 19.1. The molecule has 0 saturated carbocycles. The zero-order chi connectivity index (χ0) is 15.0. The van der Waals surface area contributed by atoms with Crippen molar-refractivity contribution in [2.75, 3.05) is 12.3 Å². The minimum Gasteiger partial charge on any atom is -0.508 e. The number of phenolic OH excluding ortho intramolecular Hbond substituents is 2. The van der Waals surface area contributed by atoms with Gasteiger partial charge in [-0.2, -0.15) is 0 Å². The number of fused-ring (bicyclic) bond motifs is 1. The molecule has 0 spiro atoms. The van der Waals surface area contributed by atoms with Crippen LogP contribution in [0.5, 0.6) is 11.5 Å². The summed E-state index contributed by atoms with van der Waals surface area (Å²) in [7, 11) is 0. The molecule has 0 saturated heterocycles. The first-order valence-electron chi connectivity index (χ1n) is 6.74. The maximum absolute atomic E-state index is 12.5. The summed E-state index contributed by atoms with van der Waals surface area (Å²) in [6, 6.07) is 9.69. The third kappa shape index (κ3) is 2.38. The van der Waals surface area contributed by atoms with Crippen LogP contribution < -0.4 is 5.73 Å². The molecule has 0 bridgehead atoms. The summed E-state index contributed by atoms with van der Waals surface area (Å²) >= 11 is 0. The highest BCUT2D eigenvalue weighted by Gasteiger charge is 2.24. The van der Waals surface area contributed by atoms with Gasteiger partial charge in [0.1, 0.15) is 11.5 Å². The molecule has 2 aromatic rings. The normalized spacial score (nSPS) is 13.8. The Morgan fingerprint density at radius 2 is 2.00 bits per heavy atom. The van der Waals surface area contributed by atoms with Crippen molar-refractivity contribution < 1.29 is 15.0 Å². The second-order valence-electron chi connectivity index (χ2n) is 5.16. The maximum Gasteiger partial charge on any atom is 0.257 e. The van der Waals surface area contributed by atoms with Crippen LogP contribution in [0.4, 0.5) is 5.69 Å². The predicted molar refractivity (Wildman–Crippen MR) is 79.1 cm³/mol. The molecule has 3 rings (SSSR count). The number of aromatic hydroxyl groups is 2. The van der Waals surface area contributed by atoms with Crippen LogP contribution in [-0.4, -0.2) is 27.6 Å². The van der Waals surface area contributed by atoms with Crippen LogP contribution in [0.15, 0.2) is 36.4 Å². The van der Waals surface area contributed by atoms with Gasteiger partial charge in [-0.25, -0.2) is 0 Å². The number of hydrogen-bond acceptors (Lipinski definition) is 4. The minimum atomic E-state index is -0.249.